The van der Waals surface area contributed by atoms with Crippen LogP contribution in [-0.4, -0.2) is 9.51 Å². The Balaban J connectivity index is 2.07. The lowest BCUT2D eigenvalue weighted by Crippen LogP contribution is -2.32. The van der Waals surface area contributed by atoms with Crippen molar-refractivity contribution in [2.45, 2.75) is 6.54 Å². The highest BCUT2D eigenvalue weighted by Crippen LogP contribution is 2.14. The van der Waals surface area contributed by atoms with E-state index in [1.54, 1.807) is 6.07 Å². The van der Waals surface area contributed by atoms with Gasteiger partial charge in [0.2, 0.25) is 5.75 Å². The van der Waals surface area contributed by atoms with Crippen molar-refractivity contribution in [1.82, 2.24) is 4.40 Å². The highest BCUT2D eigenvalue weighted by Gasteiger charge is 2.13. The Hall–Kier alpha value is -2.29. The maximum atomic E-state index is 9.88. The molecule has 3 rings (SSSR count). The molecule has 1 aromatic carbocycles. The molecule has 2 aromatic heterocycles. The van der Waals surface area contributed by atoms with Crippen LogP contribution < -0.4 is 4.57 Å². The van der Waals surface area contributed by atoms with Crippen molar-refractivity contribution >= 4 is 5.65 Å². The van der Waals surface area contributed by atoms with Gasteiger partial charge in [-0.25, -0.2) is 4.57 Å². The Kier molecular flexibility index (Phi) is 2.29. The molecule has 2 heterocycles. The molecule has 0 aliphatic rings. The van der Waals surface area contributed by atoms with E-state index >= 15 is 0 Å². The zero-order valence-corrected chi connectivity index (χ0v) is 9.32. The molecule has 0 atom stereocenters. The van der Waals surface area contributed by atoms with Crippen LogP contribution in [0.5, 0.6) is 5.75 Å². The van der Waals surface area contributed by atoms with Crippen molar-refractivity contribution in [2.24, 2.45) is 0 Å². The lowest BCUT2D eigenvalue weighted by molar-refractivity contribution is -0.662. The number of benzene rings is 1. The average Bonchev–Trinajstić information content (AvgIpc) is 2.75. The smallest absolute Gasteiger partial charge is 0.329 e. The van der Waals surface area contributed by atoms with Crippen LogP contribution in [0, 0.1) is 0 Å². The van der Waals surface area contributed by atoms with E-state index in [1.165, 1.54) is 5.56 Å². The fourth-order valence-corrected chi connectivity index (χ4v) is 2.05. The predicted molar refractivity (Wildman–Crippen MR) is 64.8 cm³/mol. The molecule has 0 unspecified atom stereocenters. The largest absolute Gasteiger partial charge is 0.501 e. The maximum Gasteiger partial charge on any atom is 0.329 e. The van der Waals surface area contributed by atoms with Gasteiger partial charge in [-0.1, -0.05) is 30.3 Å². The molecule has 3 nitrogen and oxygen atoms in total. The molecule has 0 radical (unpaired) electrons. The van der Waals surface area contributed by atoms with E-state index in [9.17, 15) is 5.11 Å². The molecule has 3 aromatic rings. The molecular formula is C14H13N2O+. The van der Waals surface area contributed by atoms with Crippen molar-refractivity contribution in [3.63, 3.8) is 0 Å². The highest BCUT2D eigenvalue weighted by molar-refractivity contribution is 5.47. The second-order valence-corrected chi connectivity index (χ2v) is 4.04. The van der Waals surface area contributed by atoms with E-state index in [-0.39, 0.29) is 0 Å². The van der Waals surface area contributed by atoms with Crippen molar-refractivity contribution < 1.29 is 9.67 Å². The zero-order valence-electron chi connectivity index (χ0n) is 9.32. The number of imidazole rings is 1. The normalized spacial score (nSPS) is 10.8. The molecule has 0 saturated carbocycles. The Bertz CT molecular complexity index is 644. The summed E-state index contributed by atoms with van der Waals surface area (Å²) in [6, 6.07) is 13.7. The lowest BCUT2D eigenvalue weighted by atomic mass is 10.2. The Morgan fingerprint density at radius 3 is 2.65 bits per heavy atom. The number of pyridine rings is 1. The number of hydrogen-bond donors (Lipinski definition) is 1. The van der Waals surface area contributed by atoms with E-state index in [0.29, 0.717) is 5.75 Å². The molecule has 84 valence electrons. The summed E-state index contributed by atoms with van der Waals surface area (Å²) in [6.45, 7) is 0.759. The number of hydrogen-bond acceptors (Lipinski definition) is 1. The molecule has 0 spiro atoms. The predicted octanol–water partition coefficient (Wildman–Crippen LogP) is 1.98. The molecule has 0 bridgehead atoms. The van der Waals surface area contributed by atoms with Crippen LogP contribution in [0.3, 0.4) is 0 Å². The summed E-state index contributed by atoms with van der Waals surface area (Å²) in [6.07, 6.45) is 5.84. The Morgan fingerprint density at radius 1 is 1.00 bits per heavy atom. The minimum absolute atomic E-state index is 0.299. The van der Waals surface area contributed by atoms with Gasteiger partial charge in [0.1, 0.15) is 18.9 Å². The van der Waals surface area contributed by atoms with Crippen molar-refractivity contribution in [3.8, 4) is 5.75 Å². The molecule has 3 heteroatoms. The minimum atomic E-state index is 0.299. The Morgan fingerprint density at radius 2 is 1.82 bits per heavy atom. The van der Waals surface area contributed by atoms with Gasteiger partial charge in [-0.15, -0.1) is 0 Å². The standard InChI is InChI=1S/C14H12N2O/c17-13-7-4-8-15-9-10-16(14(13)15)11-12-5-2-1-3-6-12/h1-10H,11H2/p+1. The molecule has 0 fully saturated rings. The van der Waals surface area contributed by atoms with E-state index in [1.807, 2.05) is 51.8 Å². The van der Waals surface area contributed by atoms with Gasteiger partial charge in [-0.2, -0.15) is 4.40 Å². The van der Waals surface area contributed by atoms with Crippen molar-refractivity contribution in [3.05, 3.63) is 66.6 Å². The van der Waals surface area contributed by atoms with Gasteiger partial charge in [-0.05, 0) is 17.7 Å². The number of aromatic hydroxyl groups is 1. The third-order valence-corrected chi connectivity index (χ3v) is 2.85. The van der Waals surface area contributed by atoms with Gasteiger partial charge in [0.15, 0.2) is 0 Å². The monoisotopic (exact) mass is 225 g/mol. The number of aromatic nitrogens is 2. The molecule has 17 heavy (non-hydrogen) atoms. The second kappa shape index (κ2) is 3.94. The van der Waals surface area contributed by atoms with Crippen molar-refractivity contribution in [2.75, 3.05) is 0 Å². The molecule has 0 aliphatic carbocycles. The summed E-state index contributed by atoms with van der Waals surface area (Å²) >= 11 is 0. The molecule has 0 saturated heterocycles. The van der Waals surface area contributed by atoms with Crippen molar-refractivity contribution in [1.29, 1.82) is 0 Å². The van der Waals surface area contributed by atoms with Crippen LogP contribution in [0.4, 0.5) is 0 Å². The first-order chi connectivity index (χ1) is 8.34. The SMILES string of the molecule is Oc1cccn2cc[n+](Cc3ccccc3)c12. The fraction of sp³-hybridized carbons (Fsp3) is 0.0714. The molecular weight excluding hydrogens is 212 g/mol. The van der Waals surface area contributed by atoms with E-state index < -0.39 is 0 Å². The van der Waals surface area contributed by atoms with E-state index in [4.69, 9.17) is 0 Å². The third-order valence-electron chi connectivity index (χ3n) is 2.85. The number of rotatable bonds is 2. The van der Waals surface area contributed by atoms with Crippen LogP contribution >= 0.6 is 0 Å². The first-order valence-corrected chi connectivity index (χ1v) is 5.56. The summed E-state index contributed by atoms with van der Waals surface area (Å²) in [5.74, 6) is 0.299. The van der Waals surface area contributed by atoms with Gasteiger partial charge in [0.25, 0.3) is 0 Å². The summed E-state index contributed by atoms with van der Waals surface area (Å²) in [5, 5.41) is 9.88. The first kappa shape index (κ1) is 9.90. The maximum absolute atomic E-state index is 9.88. The minimum Gasteiger partial charge on any atom is -0.501 e. The van der Waals surface area contributed by atoms with Crippen LogP contribution in [0.25, 0.3) is 5.65 Å². The van der Waals surface area contributed by atoms with Gasteiger partial charge in [0, 0.05) is 0 Å². The summed E-state index contributed by atoms with van der Waals surface area (Å²) in [5.41, 5.74) is 2.03. The van der Waals surface area contributed by atoms with E-state index in [0.717, 1.165) is 12.2 Å². The van der Waals surface area contributed by atoms with Gasteiger partial charge >= 0.3 is 5.65 Å². The lowest BCUT2D eigenvalue weighted by Gasteiger charge is -1.99. The number of fused-ring (bicyclic) bond motifs is 1. The topological polar surface area (TPSA) is 28.5 Å². The Labute approximate surface area is 99.2 Å². The van der Waals surface area contributed by atoms with Crippen LogP contribution in [0.1, 0.15) is 5.56 Å². The van der Waals surface area contributed by atoms with E-state index in [2.05, 4.69) is 12.1 Å². The average molecular weight is 225 g/mol. The van der Waals surface area contributed by atoms with Gasteiger partial charge < -0.3 is 5.11 Å². The number of nitrogens with zero attached hydrogens (tertiary/aromatic N) is 2. The highest BCUT2D eigenvalue weighted by atomic mass is 16.3. The van der Waals surface area contributed by atoms with Crippen LogP contribution in [0.15, 0.2) is 61.1 Å². The summed E-state index contributed by atoms with van der Waals surface area (Å²) in [7, 11) is 0. The first-order valence-electron chi connectivity index (χ1n) is 5.56. The molecule has 0 aliphatic heterocycles. The quantitative estimate of drug-likeness (QED) is 0.664. The summed E-state index contributed by atoms with van der Waals surface area (Å²) in [4.78, 5) is 0. The second-order valence-electron chi connectivity index (χ2n) is 4.04. The van der Waals surface area contributed by atoms with Crippen LogP contribution in [0.2, 0.25) is 0 Å². The van der Waals surface area contributed by atoms with Crippen LogP contribution in [-0.2, 0) is 6.54 Å². The third kappa shape index (κ3) is 1.76. The van der Waals surface area contributed by atoms with Gasteiger partial charge in [-0.3, -0.25) is 0 Å². The van der Waals surface area contributed by atoms with Gasteiger partial charge in [0.05, 0.1) is 6.20 Å². The zero-order chi connectivity index (χ0) is 11.7. The fourth-order valence-electron chi connectivity index (χ4n) is 2.05. The molecule has 0 amide bonds. The summed E-state index contributed by atoms with van der Waals surface area (Å²) < 4.78 is 3.95. The molecule has 1 N–H and O–H groups in total.